The van der Waals surface area contributed by atoms with Crippen LogP contribution in [0.5, 0.6) is 0 Å². The summed E-state index contributed by atoms with van der Waals surface area (Å²) in [5.74, 6) is 0.482. The van der Waals surface area contributed by atoms with Gasteiger partial charge in [0.05, 0.1) is 11.6 Å². The van der Waals surface area contributed by atoms with Gasteiger partial charge in [-0.15, -0.1) is 23.8 Å². The molecule has 1 N–H and O–H groups in total. The summed E-state index contributed by atoms with van der Waals surface area (Å²) in [5.41, 5.74) is 2.31. The van der Waals surface area contributed by atoms with Gasteiger partial charge in [-0.25, -0.2) is 5.57 Å². The Morgan fingerprint density at radius 3 is 2.83 bits per heavy atom. The number of amides is 2. The smallest absolute Gasteiger partial charge is 0.288 e. The van der Waals surface area contributed by atoms with E-state index in [1.165, 1.54) is 16.5 Å². The lowest BCUT2D eigenvalue weighted by atomic mass is 9.86. The molecular weight excluding hydrogens is 344 g/mol. The summed E-state index contributed by atoms with van der Waals surface area (Å²) in [6.07, 6.45) is 11.7. The second-order valence-corrected chi connectivity index (χ2v) is 8.16. The molecular formula is C18H22ClN2O2S-. The molecule has 0 spiro atoms. The van der Waals surface area contributed by atoms with Crippen molar-refractivity contribution in [2.24, 2.45) is 5.92 Å². The molecule has 0 aromatic rings. The average Bonchev–Trinajstić information content (AvgIpc) is 2.85. The first-order valence-corrected chi connectivity index (χ1v) is 9.88. The third-order valence-corrected chi connectivity index (χ3v) is 6.43. The van der Waals surface area contributed by atoms with Crippen LogP contribution in [0, 0.1) is 18.4 Å². The molecule has 3 rings (SSSR count). The number of allylic oxidation sites excluding steroid dienone is 5. The van der Waals surface area contributed by atoms with E-state index in [0.717, 1.165) is 24.8 Å². The fourth-order valence-corrected chi connectivity index (χ4v) is 4.80. The van der Waals surface area contributed by atoms with E-state index in [1.807, 2.05) is 19.4 Å². The fraction of sp³-hybridized carbons (Fsp3) is 0.444. The molecule has 2 amide bonds. The van der Waals surface area contributed by atoms with Gasteiger partial charge in [0.1, 0.15) is 0 Å². The fourth-order valence-electron chi connectivity index (χ4n) is 3.37. The molecule has 0 saturated heterocycles. The van der Waals surface area contributed by atoms with Gasteiger partial charge in [-0.2, -0.15) is 12.5 Å². The zero-order valence-electron chi connectivity index (χ0n) is 13.9. The standard InChI is InChI=1S/C18H22ClN2O2S/c1-12-5-3-4-6-16(12)20-18(22)21-11-24(23)17(13(21)2)14-7-9-15(19)10-8-14/h7-12,16H,3-6H2,1-2H3,(H,20,22)/q-1/t12-,16-,24?/m1/s1. The Labute approximate surface area is 150 Å². The molecule has 0 aromatic carbocycles. The van der Waals surface area contributed by atoms with Gasteiger partial charge in [0.25, 0.3) is 0 Å². The highest BCUT2D eigenvalue weighted by Crippen LogP contribution is 2.32. The van der Waals surface area contributed by atoms with Crippen molar-refractivity contribution in [2.75, 3.05) is 0 Å². The molecule has 130 valence electrons. The zero-order valence-corrected chi connectivity index (χ0v) is 15.5. The van der Waals surface area contributed by atoms with Crippen molar-refractivity contribution >= 4 is 34.0 Å². The van der Waals surface area contributed by atoms with Gasteiger partial charge in [0.2, 0.25) is 0 Å². The minimum atomic E-state index is -1.34. The predicted octanol–water partition coefficient (Wildman–Crippen LogP) is 3.78. The van der Waals surface area contributed by atoms with Gasteiger partial charge < -0.3 is 0 Å². The van der Waals surface area contributed by atoms with Crippen molar-refractivity contribution in [3.8, 4) is 0 Å². The molecule has 1 unspecified atom stereocenters. The topological polar surface area (TPSA) is 49.2 Å². The van der Waals surface area contributed by atoms with Gasteiger partial charge in [-0.3, -0.25) is 18.9 Å². The van der Waals surface area contributed by atoms with E-state index in [9.17, 15) is 9.00 Å². The molecule has 2 aliphatic carbocycles. The Hall–Kier alpha value is -1.46. The number of nitrogens with zero attached hydrogens (tertiary/aromatic N) is 1. The molecule has 1 fully saturated rings. The van der Waals surface area contributed by atoms with Gasteiger partial charge in [0, 0.05) is 10.8 Å². The third kappa shape index (κ3) is 3.47. The first kappa shape index (κ1) is 17.4. The number of hydrogen-bond donors (Lipinski definition) is 1. The van der Waals surface area contributed by atoms with E-state index < -0.39 is 10.8 Å². The third-order valence-electron chi connectivity index (χ3n) is 4.84. The van der Waals surface area contributed by atoms with Crippen molar-refractivity contribution in [1.82, 2.24) is 5.32 Å². The van der Waals surface area contributed by atoms with E-state index >= 15 is 0 Å². The number of halogens is 1. The Morgan fingerprint density at radius 1 is 1.42 bits per heavy atom. The summed E-state index contributed by atoms with van der Waals surface area (Å²) in [5, 5.41) is 3.74. The summed E-state index contributed by atoms with van der Waals surface area (Å²) >= 11 is 5.92. The Morgan fingerprint density at radius 2 is 2.17 bits per heavy atom. The van der Waals surface area contributed by atoms with E-state index in [0.29, 0.717) is 21.9 Å². The maximum absolute atomic E-state index is 12.6. The molecule has 6 heteroatoms. The number of rotatable bonds is 1. The van der Waals surface area contributed by atoms with Crippen LogP contribution in [-0.2, 0) is 10.8 Å². The summed E-state index contributed by atoms with van der Waals surface area (Å²) < 4.78 is 14.0. The largest absolute Gasteiger partial charge is 0.412 e. The number of carbonyl (C=O) groups is 1. The molecule has 0 bridgehead atoms. The summed E-state index contributed by atoms with van der Waals surface area (Å²) in [7, 11) is -1.34. The number of nitrogens with one attached hydrogen (secondary N) is 1. The molecule has 24 heavy (non-hydrogen) atoms. The van der Waals surface area contributed by atoms with Crippen molar-refractivity contribution in [3.05, 3.63) is 46.2 Å². The van der Waals surface area contributed by atoms with Crippen LogP contribution < -0.4 is 5.32 Å². The van der Waals surface area contributed by atoms with Gasteiger partial charge in [-0.05, 0) is 43.2 Å². The van der Waals surface area contributed by atoms with Crippen LogP contribution in [0.2, 0.25) is 0 Å². The normalized spacial score (nSPS) is 33.0. The SMILES string of the molecule is C[C-]1C(=C2C=CC(Cl)=C[CH-]2)S(=O)C=[N+]1C(=O)N[C@@H]1CCCC[C@H]1C. The lowest BCUT2D eigenvalue weighted by Crippen LogP contribution is -2.44. The minimum absolute atomic E-state index is 0.191. The predicted molar refractivity (Wildman–Crippen MR) is 97.7 cm³/mol. The Bertz CT molecular complexity index is 693. The molecule has 0 aromatic heterocycles. The molecule has 3 aliphatic rings. The Balaban J connectivity index is 1.74. The monoisotopic (exact) mass is 365 g/mol. The van der Waals surface area contributed by atoms with Crippen LogP contribution >= 0.6 is 11.6 Å². The summed E-state index contributed by atoms with van der Waals surface area (Å²) in [6, 6.07) is 0.709. The highest BCUT2D eigenvalue weighted by molar-refractivity contribution is 8.02. The van der Waals surface area contributed by atoms with E-state index in [4.69, 9.17) is 11.6 Å². The lowest BCUT2D eigenvalue weighted by Gasteiger charge is -2.28. The van der Waals surface area contributed by atoms with Crippen LogP contribution in [0.3, 0.4) is 0 Å². The number of urea groups is 1. The van der Waals surface area contributed by atoms with Crippen molar-refractivity contribution < 1.29 is 13.6 Å². The van der Waals surface area contributed by atoms with Crippen LogP contribution in [0.1, 0.15) is 39.5 Å². The second-order valence-electron chi connectivity index (χ2n) is 6.51. The van der Waals surface area contributed by atoms with Gasteiger partial charge >= 0.3 is 6.03 Å². The molecule has 1 aliphatic heterocycles. The van der Waals surface area contributed by atoms with E-state index in [-0.39, 0.29) is 12.1 Å². The van der Waals surface area contributed by atoms with Gasteiger partial charge in [0.15, 0.2) is 0 Å². The number of hydrogen-bond acceptors (Lipinski definition) is 2. The van der Waals surface area contributed by atoms with Crippen molar-refractivity contribution in [2.45, 2.75) is 45.6 Å². The maximum Gasteiger partial charge on any atom is 0.412 e. The van der Waals surface area contributed by atoms with Crippen LogP contribution in [0.4, 0.5) is 4.79 Å². The Kier molecular flexibility index (Phi) is 5.21. The highest BCUT2D eigenvalue weighted by Gasteiger charge is 2.30. The van der Waals surface area contributed by atoms with Gasteiger partial charge in [-0.1, -0.05) is 18.2 Å². The first-order chi connectivity index (χ1) is 11.5. The molecule has 1 saturated carbocycles. The molecule has 0 radical (unpaired) electrons. The highest BCUT2D eigenvalue weighted by atomic mass is 35.5. The van der Waals surface area contributed by atoms with Crippen LogP contribution in [0.25, 0.3) is 0 Å². The van der Waals surface area contributed by atoms with Crippen molar-refractivity contribution in [3.63, 3.8) is 0 Å². The minimum Gasteiger partial charge on any atom is -0.288 e. The van der Waals surface area contributed by atoms with Crippen LogP contribution in [-0.4, -0.2) is 26.4 Å². The molecule has 1 heterocycles. The quantitative estimate of drug-likeness (QED) is 0.568. The van der Waals surface area contributed by atoms with Crippen molar-refractivity contribution in [1.29, 1.82) is 0 Å². The maximum atomic E-state index is 12.6. The molecule has 4 nitrogen and oxygen atoms in total. The molecule has 3 atom stereocenters. The first-order valence-electron chi connectivity index (χ1n) is 8.29. The van der Waals surface area contributed by atoms with E-state index in [1.54, 1.807) is 12.2 Å². The zero-order chi connectivity index (χ0) is 17.3. The number of carbonyl (C=O) groups excluding carboxylic acids is 1. The summed E-state index contributed by atoms with van der Waals surface area (Å²) in [6.45, 7) is 4.01. The summed E-state index contributed by atoms with van der Waals surface area (Å²) in [4.78, 5) is 13.3. The van der Waals surface area contributed by atoms with Crippen LogP contribution in [0.15, 0.2) is 33.7 Å². The van der Waals surface area contributed by atoms with E-state index in [2.05, 4.69) is 12.2 Å². The lowest BCUT2D eigenvalue weighted by molar-refractivity contribution is -0.395. The second kappa shape index (κ2) is 7.19. The average molecular weight is 366 g/mol.